The van der Waals surface area contributed by atoms with E-state index in [1.54, 1.807) is 18.0 Å². The van der Waals surface area contributed by atoms with Gasteiger partial charge in [-0.1, -0.05) is 0 Å². The first kappa shape index (κ1) is 11.4. The summed E-state index contributed by atoms with van der Waals surface area (Å²) in [6, 6.07) is 4.74. The Hall–Kier alpha value is -1.12. The van der Waals surface area contributed by atoms with E-state index in [4.69, 9.17) is 0 Å². The number of nitriles is 1. The van der Waals surface area contributed by atoms with Crippen molar-refractivity contribution in [2.24, 2.45) is 0 Å². The third-order valence-electron chi connectivity index (χ3n) is 2.41. The highest BCUT2D eigenvalue weighted by Crippen LogP contribution is 2.26. The largest absolute Gasteiger partial charge is 0.296 e. The van der Waals surface area contributed by atoms with Crippen molar-refractivity contribution < 1.29 is 0 Å². The molecule has 1 aromatic rings. The smallest absolute Gasteiger partial charge is 0.116 e. The van der Waals surface area contributed by atoms with Crippen LogP contribution in [0.15, 0.2) is 23.6 Å². The minimum Gasteiger partial charge on any atom is -0.296 e. The van der Waals surface area contributed by atoms with Gasteiger partial charge in [-0.2, -0.15) is 5.26 Å². The normalized spacial score (nSPS) is 18.8. The molecule has 1 unspecified atom stereocenters. The quantitative estimate of drug-likeness (QED) is 0.619. The first-order valence-corrected chi connectivity index (χ1v) is 6.28. The summed E-state index contributed by atoms with van der Waals surface area (Å²) in [5.74, 6) is 0.705. The standard InChI is InChI=1S/C11H14N4S/c1-11(6-12,15-9-2-3-9)7-16-10-4-5-13-8-14-10/h4-5,8-9,15H,2-3,7H2,1H3. The molecule has 1 aromatic heterocycles. The zero-order valence-corrected chi connectivity index (χ0v) is 10.00. The molecule has 0 saturated heterocycles. The van der Waals surface area contributed by atoms with Crippen LogP contribution in [-0.2, 0) is 0 Å². The Morgan fingerprint density at radius 1 is 1.69 bits per heavy atom. The van der Waals surface area contributed by atoms with Crippen molar-refractivity contribution >= 4 is 11.8 Å². The van der Waals surface area contributed by atoms with Crippen molar-refractivity contribution in [3.05, 3.63) is 18.6 Å². The van der Waals surface area contributed by atoms with E-state index in [9.17, 15) is 5.26 Å². The zero-order chi connectivity index (χ0) is 11.4. The Morgan fingerprint density at radius 3 is 3.06 bits per heavy atom. The second kappa shape index (κ2) is 4.81. The van der Waals surface area contributed by atoms with Crippen LogP contribution in [0.4, 0.5) is 0 Å². The summed E-state index contributed by atoms with van der Waals surface area (Å²) >= 11 is 1.59. The van der Waals surface area contributed by atoms with Crippen LogP contribution in [0.3, 0.4) is 0 Å². The highest BCUT2D eigenvalue weighted by molar-refractivity contribution is 7.99. The minimum absolute atomic E-state index is 0.462. The summed E-state index contributed by atoms with van der Waals surface area (Å²) in [4.78, 5) is 7.99. The van der Waals surface area contributed by atoms with Crippen LogP contribution in [-0.4, -0.2) is 27.3 Å². The van der Waals surface area contributed by atoms with Gasteiger partial charge >= 0.3 is 0 Å². The second-order valence-corrected chi connectivity index (χ2v) is 5.19. The molecule has 0 radical (unpaired) electrons. The van der Waals surface area contributed by atoms with E-state index >= 15 is 0 Å². The fraction of sp³-hybridized carbons (Fsp3) is 0.545. The predicted molar refractivity (Wildman–Crippen MR) is 62.9 cm³/mol. The SMILES string of the molecule is CC(C#N)(CSc1ccncn1)NC1CC1. The highest BCUT2D eigenvalue weighted by Gasteiger charge is 2.32. The molecule has 1 fully saturated rings. The van der Waals surface area contributed by atoms with Crippen LogP contribution in [0.2, 0.25) is 0 Å². The number of hydrogen-bond donors (Lipinski definition) is 1. The van der Waals surface area contributed by atoms with Gasteiger partial charge in [-0.25, -0.2) is 9.97 Å². The maximum absolute atomic E-state index is 9.18. The Labute approximate surface area is 99.5 Å². The lowest BCUT2D eigenvalue weighted by atomic mass is 10.1. The van der Waals surface area contributed by atoms with Crippen LogP contribution >= 0.6 is 11.8 Å². The molecule has 84 valence electrons. The Morgan fingerprint density at radius 2 is 2.50 bits per heavy atom. The van der Waals surface area contributed by atoms with Gasteiger partial charge in [-0.05, 0) is 25.8 Å². The van der Waals surface area contributed by atoms with Crippen LogP contribution in [0.25, 0.3) is 0 Å². The second-order valence-electron chi connectivity index (χ2n) is 4.20. The van der Waals surface area contributed by atoms with Gasteiger partial charge in [0, 0.05) is 18.0 Å². The Balaban J connectivity index is 1.89. The number of nitrogens with one attached hydrogen (secondary N) is 1. The Kier molecular flexibility index (Phi) is 3.42. The molecule has 0 aliphatic heterocycles. The molecule has 1 saturated carbocycles. The van der Waals surface area contributed by atoms with Gasteiger partial charge in [0.25, 0.3) is 0 Å². The number of thioether (sulfide) groups is 1. The van der Waals surface area contributed by atoms with E-state index in [1.807, 2.05) is 13.0 Å². The third-order valence-corrected chi connectivity index (χ3v) is 3.67. The van der Waals surface area contributed by atoms with Crippen LogP contribution < -0.4 is 5.32 Å². The van der Waals surface area contributed by atoms with Gasteiger partial charge in [0.1, 0.15) is 11.9 Å². The number of rotatable bonds is 5. The van der Waals surface area contributed by atoms with Gasteiger partial charge in [0.05, 0.1) is 11.1 Å². The molecule has 4 nitrogen and oxygen atoms in total. The number of aromatic nitrogens is 2. The van der Waals surface area contributed by atoms with Crippen molar-refractivity contribution in [2.75, 3.05) is 5.75 Å². The molecular weight excluding hydrogens is 220 g/mol. The summed E-state index contributed by atoms with van der Waals surface area (Å²) in [5.41, 5.74) is -0.462. The Bertz CT molecular complexity index is 385. The first-order valence-electron chi connectivity index (χ1n) is 5.30. The average Bonchev–Trinajstić information content (AvgIpc) is 3.12. The van der Waals surface area contributed by atoms with Crippen LogP contribution in [0.1, 0.15) is 19.8 Å². The summed E-state index contributed by atoms with van der Waals surface area (Å²) in [5, 5.41) is 13.5. The lowest BCUT2D eigenvalue weighted by Crippen LogP contribution is -2.44. The van der Waals surface area contributed by atoms with Crippen molar-refractivity contribution in [3.8, 4) is 6.07 Å². The topological polar surface area (TPSA) is 61.6 Å². The van der Waals surface area contributed by atoms with Gasteiger partial charge in [0.15, 0.2) is 0 Å². The van der Waals surface area contributed by atoms with Crippen LogP contribution in [0.5, 0.6) is 0 Å². The maximum atomic E-state index is 9.18. The first-order chi connectivity index (χ1) is 7.72. The highest BCUT2D eigenvalue weighted by atomic mass is 32.2. The van der Waals surface area contributed by atoms with Crippen molar-refractivity contribution in [1.29, 1.82) is 5.26 Å². The molecule has 1 aliphatic rings. The molecule has 2 rings (SSSR count). The minimum atomic E-state index is -0.462. The molecular formula is C11H14N4S. The molecule has 0 bridgehead atoms. The number of hydrogen-bond acceptors (Lipinski definition) is 5. The lowest BCUT2D eigenvalue weighted by molar-refractivity contribution is 0.490. The molecule has 1 N–H and O–H groups in total. The lowest BCUT2D eigenvalue weighted by Gasteiger charge is -2.22. The molecule has 1 atom stereocenters. The van der Waals surface area contributed by atoms with Gasteiger partial charge in [-0.15, -0.1) is 11.8 Å². The molecule has 1 aliphatic carbocycles. The molecule has 0 amide bonds. The third kappa shape index (κ3) is 3.19. The van der Waals surface area contributed by atoms with E-state index in [-0.39, 0.29) is 0 Å². The van der Waals surface area contributed by atoms with E-state index in [1.165, 1.54) is 19.2 Å². The molecule has 1 heterocycles. The van der Waals surface area contributed by atoms with Gasteiger partial charge < -0.3 is 0 Å². The zero-order valence-electron chi connectivity index (χ0n) is 9.18. The van der Waals surface area contributed by atoms with Gasteiger partial charge in [-0.3, -0.25) is 5.32 Å². The van der Waals surface area contributed by atoms with E-state index in [0.717, 1.165) is 5.03 Å². The van der Waals surface area contributed by atoms with Gasteiger partial charge in [0.2, 0.25) is 0 Å². The predicted octanol–water partition coefficient (Wildman–Crippen LogP) is 1.60. The van der Waals surface area contributed by atoms with E-state index in [2.05, 4.69) is 21.4 Å². The average molecular weight is 234 g/mol. The van der Waals surface area contributed by atoms with E-state index in [0.29, 0.717) is 11.8 Å². The van der Waals surface area contributed by atoms with E-state index < -0.39 is 5.54 Å². The van der Waals surface area contributed by atoms with Crippen molar-refractivity contribution in [2.45, 2.75) is 36.4 Å². The van der Waals surface area contributed by atoms with Crippen molar-refractivity contribution in [3.63, 3.8) is 0 Å². The summed E-state index contributed by atoms with van der Waals surface area (Å²) in [7, 11) is 0. The van der Waals surface area contributed by atoms with Crippen molar-refractivity contribution in [1.82, 2.24) is 15.3 Å². The molecule has 0 spiro atoms. The fourth-order valence-corrected chi connectivity index (χ4v) is 2.23. The fourth-order valence-electron chi connectivity index (χ4n) is 1.37. The molecule has 5 heteroatoms. The molecule has 0 aromatic carbocycles. The monoisotopic (exact) mass is 234 g/mol. The summed E-state index contributed by atoms with van der Waals surface area (Å²) in [6.07, 6.45) is 5.62. The van der Waals surface area contributed by atoms with Crippen LogP contribution in [0, 0.1) is 11.3 Å². The summed E-state index contributed by atoms with van der Waals surface area (Å²) in [6.45, 7) is 1.94. The summed E-state index contributed by atoms with van der Waals surface area (Å²) < 4.78 is 0. The molecule has 16 heavy (non-hydrogen) atoms. The maximum Gasteiger partial charge on any atom is 0.116 e. The number of nitrogens with zero attached hydrogens (tertiary/aromatic N) is 3.